The minimum Gasteiger partial charge on any atom is -0.345 e. The highest BCUT2D eigenvalue weighted by Crippen LogP contribution is 2.35. The lowest BCUT2D eigenvalue weighted by Crippen LogP contribution is -1.81. The van der Waals surface area contributed by atoms with Crippen molar-refractivity contribution in [1.82, 2.24) is 15.0 Å². The van der Waals surface area contributed by atoms with Crippen molar-refractivity contribution in [3.8, 4) is 0 Å². The maximum Gasteiger partial charge on any atom is 0.143 e. The van der Waals surface area contributed by atoms with E-state index >= 15 is 0 Å². The van der Waals surface area contributed by atoms with Crippen LogP contribution in [0.2, 0.25) is 5.15 Å². The van der Waals surface area contributed by atoms with Gasteiger partial charge in [-0.3, -0.25) is 0 Å². The van der Waals surface area contributed by atoms with E-state index in [0.717, 1.165) is 20.8 Å². The topological polar surface area (TPSA) is 41.6 Å². The van der Waals surface area contributed by atoms with E-state index in [4.69, 9.17) is 11.6 Å². The summed E-state index contributed by atoms with van der Waals surface area (Å²) in [6.45, 7) is 0. The Morgan fingerprint density at radius 1 is 1.12 bits per heavy atom. The molecule has 0 atom stereocenters. The number of hydrogen-bond acceptors (Lipinski definition) is 3. The molecule has 2 heterocycles. The Kier molecular flexibility index (Phi) is 2.74. The van der Waals surface area contributed by atoms with Crippen molar-refractivity contribution >= 4 is 34.4 Å². The summed E-state index contributed by atoms with van der Waals surface area (Å²) < 4.78 is 0. The molecule has 17 heavy (non-hydrogen) atoms. The average molecular weight is 262 g/mol. The molecule has 0 unspecified atom stereocenters. The zero-order valence-electron chi connectivity index (χ0n) is 8.72. The molecular formula is C12H8ClN3S. The number of nitrogens with one attached hydrogen (secondary N) is 1. The van der Waals surface area contributed by atoms with Crippen molar-refractivity contribution in [2.24, 2.45) is 0 Å². The molecule has 0 fully saturated rings. The molecule has 0 amide bonds. The predicted octanol–water partition coefficient (Wildman–Crippen LogP) is 3.76. The fourth-order valence-electron chi connectivity index (χ4n) is 1.59. The number of benzene rings is 1. The highest BCUT2D eigenvalue weighted by molar-refractivity contribution is 7.99. The minimum absolute atomic E-state index is 0.481. The zero-order valence-corrected chi connectivity index (χ0v) is 10.3. The van der Waals surface area contributed by atoms with Gasteiger partial charge in [0.25, 0.3) is 0 Å². The first-order chi connectivity index (χ1) is 8.34. The van der Waals surface area contributed by atoms with Crippen LogP contribution < -0.4 is 0 Å². The van der Waals surface area contributed by atoms with E-state index in [1.54, 1.807) is 11.8 Å². The van der Waals surface area contributed by atoms with Crippen molar-refractivity contribution in [2.45, 2.75) is 9.79 Å². The van der Waals surface area contributed by atoms with Crippen LogP contribution in [0, 0.1) is 0 Å². The highest BCUT2D eigenvalue weighted by atomic mass is 35.5. The molecule has 3 rings (SSSR count). The Balaban J connectivity index is 2.07. The number of halogens is 1. The summed E-state index contributed by atoms with van der Waals surface area (Å²) in [5, 5.41) is 1.36. The molecule has 0 aliphatic carbocycles. The molecule has 0 saturated heterocycles. The quantitative estimate of drug-likeness (QED) is 0.714. The van der Waals surface area contributed by atoms with Crippen LogP contribution in [-0.4, -0.2) is 15.0 Å². The molecule has 3 aromatic rings. The largest absolute Gasteiger partial charge is 0.345 e. The van der Waals surface area contributed by atoms with Gasteiger partial charge in [0.1, 0.15) is 17.1 Å². The van der Waals surface area contributed by atoms with Gasteiger partial charge in [0.15, 0.2) is 0 Å². The van der Waals surface area contributed by atoms with Gasteiger partial charge in [0, 0.05) is 16.0 Å². The highest BCUT2D eigenvalue weighted by Gasteiger charge is 2.10. The van der Waals surface area contributed by atoms with Gasteiger partial charge in [-0.25, -0.2) is 9.97 Å². The molecule has 0 aliphatic rings. The standard InChI is InChI=1S/C12H8ClN3S/c13-11-10-9(6-14-12(10)16-7-15-11)17-8-4-2-1-3-5-8/h1-7H,(H,14,15,16). The van der Waals surface area contributed by atoms with Crippen LogP contribution in [0.25, 0.3) is 11.0 Å². The van der Waals surface area contributed by atoms with E-state index in [1.165, 1.54) is 6.33 Å². The molecule has 0 spiro atoms. The first-order valence-electron chi connectivity index (χ1n) is 5.05. The molecule has 0 radical (unpaired) electrons. The summed E-state index contributed by atoms with van der Waals surface area (Å²) in [6, 6.07) is 10.1. The van der Waals surface area contributed by atoms with Crippen LogP contribution >= 0.6 is 23.4 Å². The lowest BCUT2D eigenvalue weighted by molar-refractivity contribution is 1.20. The lowest BCUT2D eigenvalue weighted by atomic mass is 10.4. The second-order valence-corrected chi connectivity index (χ2v) is 4.93. The van der Waals surface area contributed by atoms with Crippen LogP contribution in [0.5, 0.6) is 0 Å². The van der Waals surface area contributed by atoms with Crippen molar-refractivity contribution in [3.05, 3.63) is 48.0 Å². The molecule has 0 aliphatic heterocycles. The summed E-state index contributed by atoms with van der Waals surface area (Å²) >= 11 is 7.73. The minimum atomic E-state index is 0.481. The lowest BCUT2D eigenvalue weighted by Gasteiger charge is -1.99. The smallest absolute Gasteiger partial charge is 0.143 e. The van der Waals surface area contributed by atoms with Gasteiger partial charge in [0.05, 0.1) is 5.39 Å². The van der Waals surface area contributed by atoms with E-state index in [-0.39, 0.29) is 0 Å². The van der Waals surface area contributed by atoms with Gasteiger partial charge in [0.2, 0.25) is 0 Å². The molecule has 3 nitrogen and oxygen atoms in total. The Morgan fingerprint density at radius 2 is 1.94 bits per heavy atom. The van der Waals surface area contributed by atoms with Gasteiger partial charge in [-0.1, -0.05) is 41.6 Å². The SMILES string of the molecule is Clc1ncnc2[nH]cc(Sc3ccccc3)c12. The average Bonchev–Trinajstić information content (AvgIpc) is 2.75. The molecule has 2 aromatic heterocycles. The first kappa shape index (κ1) is 10.6. The van der Waals surface area contributed by atoms with E-state index in [2.05, 4.69) is 27.1 Å². The number of aromatic nitrogens is 3. The summed E-state index contributed by atoms with van der Waals surface area (Å²) in [4.78, 5) is 13.4. The van der Waals surface area contributed by atoms with Crippen LogP contribution in [0.15, 0.2) is 52.6 Å². The van der Waals surface area contributed by atoms with Gasteiger partial charge in [-0.2, -0.15) is 0 Å². The van der Waals surface area contributed by atoms with Crippen LogP contribution in [0.1, 0.15) is 0 Å². The second-order valence-electron chi connectivity index (χ2n) is 3.46. The van der Waals surface area contributed by atoms with Gasteiger partial charge < -0.3 is 4.98 Å². The molecule has 84 valence electrons. The second kappa shape index (κ2) is 4.39. The summed E-state index contributed by atoms with van der Waals surface area (Å²) in [5.74, 6) is 0. The number of aromatic amines is 1. The fraction of sp³-hybridized carbons (Fsp3) is 0. The maximum absolute atomic E-state index is 6.09. The van der Waals surface area contributed by atoms with E-state index < -0.39 is 0 Å². The van der Waals surface area contributed by atoms with Crippen LogP contribution in [0.3, 0.4) is 0 Å². The number of hydrogen-bond donors (Lipinski definition) is 1. The summed E-state index contributed by atoms with van der Waals surface area (Å²) in [6.07, 6.45) is 3.36. The van der Waals surface area contributed by atoms with Crippen molar-refractivity contribution < 1.29 is 0 Å². The monoisotopic (exact) mass is 261 g/mol. The Bertz CT molecular complexity index is 651. The number of H-pyrrole nitrogens is 1. The Labute approximate surface area is 107 Å². The zero-order chi connectivity index (χ0) is 11.7. The maximum atomic E-state index is 6.09. The van der Waals surface area contributed by atoms with Crippen LogP contribution in [-0.2, 0) is 0 Å². The van der Waals surface area contributed by atoms with E-state index in [0.29, 0.717) is 5.15 Å². The first-order valence-corrected chi connectivity index (χ1v) is 6.24. The summed E-state index contributed by atoms with van der Waals surface area (Å²) in [5.41, 5.74) is 0.767. The predicted molar refractivity (Wildman–Crippen MR) is 69.5 cm³/mol. The van der Waals surface area contributed by atoms with Crippen LogP contribution in [0.4, 0.5) is 0 Å². The van der Waals surface area contributed by atoms with Crippen molar-refractivity contribution in [2.75, 3.05) is 0 Å². The molecule has 0 bridgehead atoms. The molecule has 0 saturated carbocycles. The van der Waals surface area contributed by atoms with Gasteiger partial charge >= 0.3 is 0 Å². The third-order valence-electron chi connectivity index (χ3n) is 2.36. The number of fused-ring (bicyclic) bond motifs is 1. The normalized spacial score (nSPS) is 10.9. The third kappa shape index (κ3) is 2.01. The van der Waals surface area contributed by atoms with E-state index in [9.17, 15) is 0 Å². The fourth-order valence-corrected chi connectivity index (χ4v) is 2.85. The Hall–Kier alpha value is -1.52. The number of rotatable bonds is 2. The molecule has 1 aromatic carbocycles. The molecule has 5 heteroatoms. The Morgan fingerprint density at radius 3 is 2.76 bits per heavy atom. The van der Waals surface area contributed by atoms with Crippen molar-refractivity contribution in [1.29, 1.82) is 0 Å². The molecule has 1 N–H and O–H groups in total. The third-order valence-corrected chi connectivity index (χ3v) is 3.69. The number of nitrogens with zero attached hydrogens (tertiary/aromatic N) is 2. The summed E-state index contributed by atoms with van der Waals surface area (Å²) in [7, 11) is 0. The molecular weight excluding hydrogens is 254 g/mol. The van der Waals surface area contributed by atoms with Gasteiger partial charge in [-0.05, 0) is 12.1 Å². The van der Waals surface area contributed by atoms with Crippen molar-refractivity contribution in [3.63, 3.8) is 0 Å². The van der Waals surface area contributed by atoms with E-state index in [1.807, 2.05) is 24.4 Å². The van der Waals surface area contributed by atoms with Gasteiger partial charge in [-0.15, -0.1) is 0 Å².